The number of hydrogen-bond donors (Lipinski definition) is 0. The molecule has 0 atom stereocenters. The Labute approximate surface area is 188 Å². The molecule has 0 fully saturated rings. The van der Waals surface area contributed by atoms with Crippen molar-refractivity contribution in [3.05, 3.63) is 46.6 Å². The third-order valence-corrected chi connectivity index (χ3v) is 5.44. The highest BCUT2D eigenvalue weighted by molar-refractivity contribution is 5.82. The SMILES string of the molecule is CCN(CC)CCCOc1c(-c2cc(OC)c(OC)c(OC)c2)oc2ccccc2c1=O. The van der Waals surface area contributed by atoms with Gasteiger partial charge in [-0.25, -0.2) is 0 Å². The van der Waals surface area contributed by atoms with Gasteiger partial charge in [0.05, 0.1) is 33.3 Å². The van der Waals surface area contributed by atoms with Crippen LogP contribution in [0.5, 0.6) is 23.0 Å². The molecule has 32 heavy (non-hydrogen) atoms. The van der Waals surface area contributed by atoms with E-state index < -0.39 is 0 Å². The minimum Gasteiger partial charge on any atom is -0.493 e. The highest BCUT2D eigenvalue weighted by atomic mass is 16.5. The lowest BCUT2D eigenvalue weighted by atomic mass is 10.1. The summed E-state index contributed by atoms with van der Waals surface area (Å²) in [5.74, 6) is 1.90. The first-order valence-electron chi connectivity index (χ1n) is 10.8. The van der Waals surface area contributed by atoms with Crippen LogP contribution in [0.2, 0.25) is 0 Å². The maximum atomic E-state index is 13.3. The van der Waals surface area contributed by atoms with Crippen molar-refractivity contribution in [2.45, 2.75) is 20.3 Å². The molecule has 0 saturated carbocycles. The first-order valence-corrected chi connectivity index (χ1v) is 10.8. The number of ether oxygens (including phenoxy) is 4. The molecule has 172 valence electrons. The molecule has 3 aromatic rings. The van der Waals surface area contributed by atoms with E-state index in [1.165, 1.54) is 0 Å². The summed E-state index contributed by atoms with van der Waals surface area (Å²) in [7, 11) is 4.63. The second-order valence-corrected chi connectivity index (χ2v) is 7.23. The van der Waals surface area contributed by atoms with Gasteiger partial charge in [-0.2, -0.15) is 0 Å². The Hall–Kier alpha value is -3.19. The topological polar surface area (TPSA) is 70.4 Å². The molecule has 7 nitrogen and oxygen atoms in total. The zero-order valence-corrected chi connectivity index (χ0v) is 19.4. The first-order chi connectivity index (χ1) is 15.6. The summed E-state index contributed by atoms with van der Waals surface area (Å²) in [6, 6.07) is 10.6. The molecule has 0 aliphatic heterocycles. The van der Waals surface area contributed by atoms with E-state index in [-0.39, 0.29) is 11.2 Å². The zero-order chi connectivity index (χ0) is 23.1. The van der Waals surface area contributed by atoms with E-state index in [4.69, 9.17) is 23.4 Å². The van der Waals surface area contributed by atoms with Gasteiger partial charge < -0.3 is 28.3 Å². The molecular formula is C25H31NO6. The van der Waals surface area contributed by atoms with Gasteiger partial charge in [-0.3, -0.25) is 4.79 Å². The number of nitrogens with zero attached hydrogens (tertiary/aromatic N) is 1. The van der Waals surface area contributed by atoms with Gasteiger partial charge in [0.2, 0.25) is 16.9 Å². The van der Waals surface area contributed by atoms with Crippen molar-refractivity contribution in [3.63, 3.8) is 0 Å². The molecule has 2 aromatic carbocycles. The molecule has 0 aliphatic rings. The van der Waals surface area contributed by atoms with Crippen molar-refractivity contribution in [1.82, 2.24) is 4.90 Å². The van der Waals surface area contributed by atoms with Crippen LogP contribution in [0.25, 0.3) is 22.3 Å². The predicted molar refractivity (Wildman–Crippen MR) is 125 cm³/mol. The van der Waals surface area contributed by atoms with E-state index in [1.807, 2.05) is 12.1 Å². The van der Waals surface area contributed by atoms with Crippen LogP contribution in [0, 0.1) is 0 Å². The Morgan fingerprint density at radius 1 is 0.906 bits per heavy atom. The smallest absolute Gasteiger partial charge is 0.235 e. The quantitative estimate of drug-likeness (QED) is 0.403. The molecule has 0 aliphatic carbocycles. The second kappa shape index (κ2) is 10.9. The summed E-state index contributed by atoms with van der Waals surface area (Å²) >= 11 is 0. The maximum Gasteiger partial charge on any atom is 0.235 e. The van der Waals surface area contributed by atoms with Crippen LogP contribution in [0.1, 0.15) is 20.3 Å². The lowest BCUT2D eigenvalue weighted by Crippen LogP contribution is -2.25. The van der Waals surface area contributed by atoms with Crippen LogP contribution in [0.3, 0.4) is 0 Å². The average Bonchev–Trinajstić information content (AvgIpc) is 2.84. The van der Waals surface area contributed by atoms with Crippen LogP contribution in [-0.2, 0) is 0 Å². The Bertz CT molecular complexity index is 1080. The minimum absolute atomic E-state index is 0.178. The summed E-state index contributed by atoms with van der Waals surface area (Å²) in [4.78, 5) is 15.6. The van der Waals surface area contributed by atoms with Crippen molar-refractivity contribution in [2.75, 3.05) is 47.6 Å². The van der Waals surface area contributed by atoms with Gasteiger partial charge in [0.15, 0.2) is 17.3 Å². The van der Waals surface area contributed by atoms with Crippen LogP contribution < -0.4 is 24.4 Å². The van der Waals surface area contributed by atoms with E-state index in [0.29, 0.717) is 46.1 Å². The highest BCUT2D eigenvalue weighted by Crippen LogP contribution is 2.43. The van der Waals surface area contributed by atoms with Crippen molar-refractivity contribution in [2.24, 2.45) is 0 Å². The van der Waals surface area contributed by atoms with Crippen molar-refractivity contribution in [3.8, 4) is 34.3 Å². The number of hydrogen-bond acceptors (Lipinski definition) is 7. The molecule has 0 radical (unpaired) electrons. The Kier molecular flexibility index (Phi) is 8.00. The maximum absolute atomic E-state index is 13.3. The lowest BCUT2D eigenvalue weighted by molar-refractivity contribution is 0.246. The molecule has 0 amide bonds. The standard InChI is InChI=1S/C25H31NO6/c1-6-26(7-2)13-10-14-31-25-22(27)18-11-8-9-12-19(18)32-23(25)17-15-20(28-3)24(30-5)21(16-17)29-4/h8-9,11-12,15-16H,6-7,10,13-14H2,1-5H3. The summed E-state index contributed by atoms with van der Waals surface area (Å²) in [6.45, 7) is 7.51. The number of methoxy groups -OCH3 is 3. The van der Waals surface area contributed by atoms with Crippen molar-refractivity contribution >= 4 is 11.0 Å². The zero-order valence-electron chi connectivity index (χ0n) is 19.4. The number of para-hydroxylation sites is 1. The van der Waals surface area contributed by atoms with E-state index in [9.17, 15) is 4.79 Å². The summed E-state index contributed by atoms with van der Waals surface area (Å²) < 4.78 is 28.6. The van der Waals surface area contributed by atoms with Gasteiger partial charge in [0, 0.05) is 12.1 Å². The van der Waals surface area contributed by atoms with Crippen molar-refractivity contribution < 1.29 is 23.4 Å². The number of benzene rings is 2. The lowest BCUT2D eigenvalue weighted by Gasteiger charge is -2.18. The second-order valence-electron chi connectivity index (χ2n) is 7.23. The third kappa shape index (κ3) is 4.83. The summed E-state index contributed by atoms with van der Waals surface area (Å²) in [5, 5.41) is 0.474. The average molecular weight is 442 g/mol. The molecule has 0 bridgehead atoms. The fourth-order valence-electron chi connectivity index (χ4n) is 3.66. The van der Waals surface area contributed by atoms with Gasteiger partial charge in [0.1, 0.15) is 5.58 Å². The normalized spacial score (nSPS) is 11.1. The van der Waals surface area contributed by atoms with Crippen LogP contribution >= 0.6 is 0 Å². The van der Waals surface area contributed by atoms with E-state index in [1.54, 1.807) is 45.6 Å². The monoisotopic (exact) mass is 441 g/mol. The van der Waals surface area contributed by atoms with Gasteiger partial charge >= 0.3 is 0 Å². The van der Waals surface area contributed by atoms with Crippen LogP contribution in [0.15, 0.2) is 45.6 Å². The Morgan fingerprint density at radius 3 is 2.16 bits per heavy atom. The molecular weight excluding hydrogens is 410 g/mol. The molecule has 1 aromatic heterocycles. The van der Waals surface area contributed by atoms with E-state index >= 15 is 0 Å². The number of fused-ring (bicyclic) bond motifs is 1. The molecule has 7 heteroatoms. The molecule has 0 N–H and O–H groups in total. The summed E-state index contributed by atoms with van der Waals surface area (Å²) in [5.41, 5.74) is 0.872. The predicted octanol–water partition coefficient (Wildman–Crippen LogP) is 4.60. The largest absolute Gasteiger partial charge is 0.493 e. The molecule has 3 rings (SSSR count). The van der Waals surface area contributed by atoms with E-state index in [0.717, 1.165) is 26.1 Å². The van der Waals surface area contributed by atoms with Crippen LogP contribution in [0.4, 0.5) is 0 Å². The van der Waals surface area contributed by atoms with Gasteiger partial charge in [-0.05, 0) is 43.8 Å². The van der Waals surface area contributed by atoms with Gasteiger partial charge in [-0.1, -0.05) is 26.0 Å². The Morgan fingerprint density at radius 2 is 1.56 bits per heavy atom. The van der Waals surface area contributed by atoms with E-state index in [2.05, 4.69) is 18.7 Å². The van der Waals surface area contributed by atoms with Crippen molar-refractivity contribution in [1.29, 1.82) is 0 Å². The molecule has 1 heterocycles. The minimum atomic E-state index is -0.210. The molecule has 0 unspecified atom stereocenters. The number of rotatable bonds is 11. The fraction of sp³-hybridized carbons (Fsp3) is 0.400. The third-order valence-electron chi connectivity index (χ3n) is 5.44. The fourth-order valence-corrected chi connectivity index (χ4v) is 3.66. The van der Waals surface area contributed by atoms with Gasteiger partial charge in [0.25, 0.3) is 0 Å². The summed E-state index contributed by atoms with van der Waals surface area (Å²) in [6.07, 6.45) is 0.794. The Balaban J connectivity index is 2.07. The van der Waals surface area contributed by atoms with Crippen LogP contribution in [-0.4, -0.2) is 52.5 Å². The molecule has 0 spiro atoms. The first kappa shape index (κ1) is 23.5. The van der Waals surface area contributed by atoms with Gasteiger partial charge in [-0.15, -0.1) is 0 Å². The molecule has 0 saturated heterocycles. The highest BCUT2D eigenvalue weighted by Gasteiger charge is 2.22.